The van der Waals surface area contributed by atoms with Gasteiger partial charge in [0, 0.05) is 10.9 Å². The lowest BCUT2D eigenvalue weighted by molar-refractivity contribution is 0.102. The van der Waals surface area contributed by atoms with Crippen LogP contribution < -0.4 is 5.32 Å². The van der Waals surface area contributed by atoms with Gasteiger partial charge in [-0.15, -0.1) is 0 Å². The molecule has 1 heterocycles. The fourth-order valence-corrected chi connectivity index (χ4v) is 1.75. The van der Waals surface area contributed by atoms with Crippen LogP contribution in [0.5, 0.6) is 0 Å². The molecule has 0 atom stereocenters. The Morgan fingerprint density at radius 1 is 1.33 bits per heavy atom. The van der Waals surface area contributed by atoms with E-state index in [9.17, 15) is 4.79 Å². The number of rotatable bonds is 3. The van der Waals surface area contributed by atoms with Gasteiger partial charge in [0.2, 0.25) is 0 Å². The quantitative estimate of drug-likeness (QED) is 0.887. The Bertz CT molecular complexity index is 554. The molecule has 0 aliphatic heterocycles. The maximum atomic E-state index is 11.9. The van der Waals surface area contributed by atoms with Crippen molar-refractivity contribution in [2.24, 2.45) is 0 Å². The molecule has 0 saturated carbocycles. The van der Waals surface area contributed by atoms with E-state index in [1.807, 2.05) is 25.1 Å². The van der Waals surface area contributed by atoms with Crippen molar-refractivity contribution < 1.29 is 4.79 Å². The zero-order valence-corrected chi connectivity index (χ0v) is 11.4. The van der Waals surface area contributed by atoms with Gasteiger partial charge < -0.3 is 5.32 Å². The average Bonchev–Trinajstić information content (AvgIpc) is 2.39. The van der Waals surface area contributed by atoms with Gasteiger partial charge in [0.05, 0.1) is 18.1 Å². The van der Waals surface area contributed by atoms with Crippen molar-refractivity contribution in [3.63, 3.8) is 0 Å². The number of hydrogen-bond acceptors (Lipinski definition) is 3. The number of carbonyl (C=O) groups is 1. The van der Waals surface area contributed by atoms with Gasteiger partial charge in [-0.25, -0.2) is 4.98 Å². The minimum absolute atomic E-state index is 0.181. The zero-order valence-electron chi connectivity index (χ0n) is 9.85. The van der Waals surface area contributed by atoms with Crippen molar-refractivity contribution in [2.45, 2.75) is 12.3 Å². The van der Waals surface area contributed by atoms with Gasteiger partial charge in [0.1, 0.15) is 0 Å². The number of benzene rings is 1. The first-order valence-corrected chi connectivity index (χ1v) is 6.56. The monoisotopic (exact) mass is 305 g/mol. The number of hydrogen-bond donors (Lipinski definition) is 1. The highest BCUT2D eigenvalue weighted by atomic mass is 79.9. The minimum Gasteiger partial charge on any atom is -0.305 e. The highest BCUT2D eigenvalue weighted by molar-refractivity contribution is 9.08. The molecule has 18 heavy (non-hydrogen) atoms. The Morgan fingerprint density at radius 2 is 2.17 bits per heavy atom. The van der Waals surface area contributed by atoms with Crippen LogP contribution in [0.3, 0.4) is 0 Å². The Morgan fingerprint density at radius 3 is 2.78 bits per heavy atom. The van der Waals surface area contributed by atoms with E-state index in [-0.39, 0.29) is 5.91 Å². The number of aromatic nitrogens is 2. The summed E-state index contributed by atoms with van der Waals surface area (Å²) in [6.45, 7) is 1.95. The first kappa shape index (κ1) is 12.7. The van der Waals surface area contributed by atoms with Crippen molar-refractivity contribution in [1.82, 2.24) is 9.97 Å². The second-order valence-corrected chi connectivity index (χ2v) is 4.41. The van der Waals surface area contributed by atoms with Crippen molar-refractivity contribution in [2.75, 3.05) is 5.32 Å². The van der Waals surface area contributed by atoms with Crippen LogP contribution in [-0.4, -0.2) is 15.9 Å². The Labute approximate surface area is 114 Å². The van der Waals surface area contributed by atoms with Crippen LogP contribution in [0, 0.1) is 6.92 Å². The molecule has 0 unspecified atom stereocenters. The lowest BCUT2D eigenvalue weighted by atomic mass is 10.1. The molecule has 0 bridgehead atoms. The largest absolute Gasteiger partial charge is 0.305 e. The topological polar surface area (TPSA) is 54.9 Å². The molecule has 1 amide bonds. The molecule has 2 rings (SSSR count). The molecular weight excluding hydrogens is 294 g/mol. The number of nitrogens with one attached hydrogen (secondary N) is 1. The van der Waals surface area contributed by atoms with E-state index in [1.165, 1.54) is 0 Å². The van der Waals surface area contributed by atoms with Crippen LogP contribution in [0.25, 0.3) is 0 Å². The molecule has 0 spiro atoms. The van der Waals surface area contributed by atoms with Gasteiger partial charge >= 0.3 is 0 Å². The molecule has 5 heteroatoms. The van der Waals surface area contributed by atoms with E-state index in [0.717, 1.165) is 11.3 Å². The molecule has 0 radical (unpaired) electrons. The molecular formula is C13H12BrN3O. The number of carbonyl (C=O) groups excluding carboxylic acids is 1. The van der Waals surface area contributed by atoms with E-state index >= 15 is 0 Å². The fourth-order valence-electron chi connectivity index (χ4n) is 1.46. The van der Waals surface area contributed by atoms with Crippen molar-refractivity contribution >= 4 is 27.7 Å². The third-order valence-corrected chi connectivity index (χ3v) is 2.94. The van der Waals surface area contributed by atoms with Crippen LogP contribution in [-0.2, 0) is 5.33 Å². The van der Waals surface area contributed by atoms with Gasteiger partial charge in [0.15, 0.2) is 5.82 Å². The summed E-state index contributed by atoms with van der Waals surface area (Å²) in [7, 11) is 0. The number of alkyl halides is 1. The molecule has 1 N–H and O–H groups in total. The number of amides is 1. The summed E-state index contributed by atoms with van der Waals surface area (Å²) in [5.41, 5.74) is 2.48. The molecule has 0 aliphatic carbocycles. The van der Waals surface area contributed by atoms with E-state index in [2.05, 4.69) is 31.2 Å². The summed E-state index contributed by atoms with van der Waals surface area (Å²) in [4.78, 5) is 20.2. The van der Waals surface area contributed by atoms with Crippen LogP contribution >= 0.6 is 15.9 Å². The van der Waals surface area contributed by atoms with Crippen molar-refractivity contribution in [3.05, 3.63) is 53.5 Å². The molecule has 1 aromatic carbocycles. The molecule has 0 saturated heterocycles. The highest BCUT2D eigenvalue weighted by Gasteiger charge is 2.06. The molecule has 2 aromatic rings. The predicted molar refractivity (Wildman–Crippen MR) is 73.8 cm³/mol. The summed E-state index contributed by atoms with van der Waals surface area (Å²) in [5, 5.41) is 3.35. The van der Waals surface area contributed by atoms with Gasteiger partial charge in [-0.2, -0.15) is 0 Å². The second-order valence-electron chi connectivity index (χ2n) is 3.85. The first-order valence-electron chi connectivity index (χ1n) is 5.44. The van der Waals surface area contributed by atoms with Crippen LogP contribution in [0.1, 0.15) is 21.6 Å². The van der Waals surface area contributed by atoms with Gasteiger partial charge in [-0.3, -0.25) is 9.78 Å². The minimum atomic E-state index is -0.181. The standard InChI is InChI=1S/C13H12BrN3O/c1-9-3-2-4-10(5-9)13(18)17-12-8-15-11(6-14)7-16-12/h2-5,7-8H,6H2,1H3,(H,16,17,18). The third-order valence-electron chi connectivity index (χ3n) is 2.36. The van der Waals surface area contributed by atoms with E-state index in [0.29, 0.717) is 16.7 Å². The van der Waals surface area contributed by atoms with Gasteiger partial charge in [0.25, 0.3) is 5.91 Å². The third kappa shape index (κ3) is 3.13. The SMILES string of the molecule is Cc1cccc(C(=O)Nc2cnc(CBr)cn2)c1. The number of nitrogens with zero attached hydrogens (tertiary/aromatic N) is 2. The Hall–Kier alpha value is -1.75. The van der Waals surface area contributed by atoms with Gasteiger partial charge in [-0.1, -0.05) is 33.6 Å². The Balaban J connectivity index is 2.11. The maximum absolute atomic E-state index is 11.9. The summed E-state index contributed by atoms with van der Waals surface area (Å²) in [6, 6.07) is 7.39. The number of aryl methyl sites for hydroxylation is 1. The van der Waals surface area contributed by atoms with Crippen molar-refractivity contribution in [3.8, 4) is 0 Å². The smallest absolute Gasteiger partial charge is 0.256 e. The lowest BCUT2D eigenvalue weighted by Gasteiger charge is -2.05. The maximum Gasteiger partial charge on any atom is 0.256 e. The molecule has 4 nitrogen and oxygen atoms in total. The highest BCUT2D eigenvalue weighted by Crippen LogP contribution is 2.08. The number of halogens is 1. The summed E-state index contributed by atoms with van der Waals surface area (Å²) in [6.07, 6.45) is 3.17. The molecule has 0 fully saturated rings. The van der Waals surface area contributed by atoms with Crippen molar-refractivity contribution in [1.29, 1.82) is 0 Å². The van der Waals surface area contributed by atoms with Gasteiger partial charge in [-0.05, 0) is 19.1 Å². The second kappa shape index (κ2) is 5.73. The molecule has 0 aliphatic rings. The van der Waals surface area contributed by atoms with E-state index in [4.69, 9.17) is 0 Å². The molecule has 92 valence electrons. The average molecular weight is 306 g/mol. The normalized spacial score (nSPS) is 10.1. The van der Waals surface area contributed by atoms with Crippen LogP contribution in [0.4, 0.5) is 5.82 Å². The van der Waals surface area contributed by atoms with E-state index in [1.54, 1.807) is 18.5 Å². The summed E-state index contributed by atoms with van der Waals surface area (Å²) in [5.74, 6) is 0.269. The molecule has 1 aromatic heterocycles. The number of anilines is 1. The Kier molecular flexibility index (Phi) is 4.04. The van der Waals surface area contributed by atoms with Crippen LogP contribution in [0.2, 0.25) is 0 Å². The lowest BCUT2D eigenvalue weighted by Crippen LogP contribution is -2.13. The van der Waals surface area contributed by atoms with E-state index < -0.39 is 0 Å². The summed E-state index contributed by atoms with van der Waals surface area (Å²) >= 11 is 3.29. The zero-order chi connectivity index (χ0) is 13.0. The fraction of sp³-hybridized carbons (Fsp3) is 0.154. The predicted octanol–water partition coefficient (Wildman–Crippen LogP) is 2.93. The first-order chi connectivity index (χ1) is 8.69. The summed E-state index contributed by atoms with van der Waals surface area (Å²) < 4.78 is 0. The van der Waals surface area contributed by atoms with Crippen LogP contribution in [0.15, 0.2) is 36.7 Å².